The number of benzene rings is 2. The molecule has 0 fully saturated rings. The number of hydrogen-bond donors (Lipinski definition) is 2. The number of carbonyl (C=O) groups is 3. The van der Waals surface area contributed by atoms with Crippen LogP contribution < -0.4 is 11.1 Å². The van der Waals surface area contributed by atoms with Crippen LogP contribution >= 0.6 is 22.9 Å². The number of esters is 2. The highest BCUT2D eigenvalue weighted by Gasteiger charge is 2.24. The minimum Gasteiger partial charge on any atom is -0.462 e. The summed E-state index contributed by atoms with van der Waals surface area (Å²) >= 11 is 7.07. The van der Waals surface area contributed by atoms with Gasteiger partial charge in [-0.1, -0.05) is 41.9 Å². The van der Waals surface area contributed by atoms with Crippen molar-refractivity contribution in [2.45, 2.75) is 20.0 Å². The fraction of sp³-hybridized carbons (Fsp3) is 0.174. The monoisotopic (exact) mass is 472 g/mol. The Balaban J connectivity index is 1.78. The lowest BCUT2D eigenvalue weighted by molar-refractivity contribution is -0.123. The number of anilines is 2. The van der Waals surface area contributed by atoms with Crippen LogP contribution in [0.2, 0.25) is 5.02 Å². The molecule has 0 saturated heterocycles. The highest BCUT2D eigenvalue weighted by atomic mass is 35.5. The van der Waals surface area contributed by atoms with Crippen molar-refractivity contribution in [3.05, 3.63) is 70.7 Å². The number of rotatable bonds is 7. The van der Waals surface area contributed by atoms with Gasteiger partial charge in [0.2, 0.25) is 0 Å². The Morgan fingerprint density at radius 2 is 1.78 bits per heavy atom. The molecule has 7 nitrogen and oxygen atoms in total. The van der Waals surface area contributed by atoms with Crippen LogP contribution in [0.1, 0.15) is 34.6 Å². The van der Waals surface area contributed by atoms with Gasteiger partial charge in [0.05, 0.1) is 17.7 Å². The summed E-state index contributed by atoms with van der Waals surface area (Å²) in [5.41, 5.74) is 7.16. The molecule has 166 valence electrons. The van der Waals surface area contributed by atoms with Crippen molar-refractivity contribution in [3.63, 3.8) is 0 Å². The predicted molar refractivity (Wildman–Crippen MR) is 125 cm³/mol. The summed E-state index contributed by atoms with van der Waals surface area (Å²) < 4.78 is 10.4. The van der Waals surface area contributed by atoms with Crippen LogP contribution in [0.5, 0.6) is 0 Å². The molecule has 0 spiro atoms. The van der Waals surface area contributed by atoms with E-state index in [-0.39, 0.29) is 23.4 Å². The molecule has 0 saturated carbocycles. The first kappa shape index (κ1) is 23.3. The van der Waals surface area contributed by atoms with Crippen molar-refractivity contribution in [3.8, 4) is 10.4 Å². The second kappa shape index (κ2) is 10.3. The van der Waals surface area contributed by atoms with Crippen molar-refractivity contribution >= 4 is 51.5 Å². The maximum Gasteiger partial charge on any atom is 0.341 e. The Kier molecular flexibility index (Phi) is 7.50. The maximum absolute atomic E-state index is 12.7. The van der Waals surface area contributed by atoms with Crippen molar-refractivity contribution in [2.24, 2.45) is 0 Å². The first-order chi connectivity index (χ1) is 15.3. The summed E-state index contributed by atoms with van der Waals surface area (Å²) in [5.74, 6) is -1.92. The molecule has 1 aromatic heterocycles. The number of halogens is 1. The summed E-state index contributed by atoms with van der Waals surface area (Å²) in [6.07, 6.45) is -1.14. The van der Waals surface area contributed by atoms with Gasteiger partial charge >= 0.3 is 11.9 Å². The van der Waals surface area contributed by atoms with E-state index in [0.29, 0.717) is 10.0 Å². The second-order valence-corrected chi connectivity index (χ2v) is 8.20. The third-order valence-corrected chi connectivity index (χ3v) is 5.74. The van der Waals surface area contributed by atoms with Gasteiger partial charge in [0.15, 0.2) is 6.10 Å². The van der Waals surface area contributed by atoms with Gasteiger partial charge in [-0.05, 0) is 43.7 Å². The molecule has 1 amide bonds. The second-order valence-electron chi connectivity index (χ2n) is 6.71. The van der Waals surface area contributed by atoms with Gasteiger partial charge in [0.25, 0.3) is 5.91 Å². The molecule has 3 rings (SSSR count). The van der Waals surface area contributed by atoms with Crippen molar-refractivity contribution in [1.82, 2.24) is 0 Å². The number of amides is 1. The molecule has 0 aliphatic heterocycles. The lowest BCUT2D eigenvalue weighted by Gasteiger charge is -2.14. The van der Waals surface area contributed by atoms with E-state index >= 15 is 0 Å². The summed E-state index contributed by atoms with van der Waals surface area (Å²) in [4.78, 5) is 38.3. The zero-order valence-electron chi connectivity index (χ0n) is 17.4. The molecule has 0 unspecified atom stereocenters. The standard InChI is InChI=1S/C23H21ClN2O5S/c1-3-30-22(28)17-12-19(14-7-5-4-6-8-14)32-21(17)26-20(27)13(2)31-23(29)16-10-9-15(24)11-18(16)25/h4-13H,3,25H2,1-2H3,(H,26,27)/t13-/m1/s1. The Bertz CT molecular complexity index is 1150. The number of ether oxygens (including phenoxy) is 2. The predicted octanol–water partition coefficient (Wildman–Crippen LogP) is 5.01. The minimum absolute atomic E-state index is 0.101. The minimum atomic E-state index is -1.14. The van der Waals surface area contributed by atoms with Crippen LogP contribution in [-0.2, 0) is 14.3 Å². The summed E-state index contributed by atoms with van der Waals surface area (Å²) in [7, 11) is 0. The SMILES string of the molecule is CCOC(=O)c1cc(-c2ccccc2)sc1NC(=O)[C@@H](C)OC(=O)c1ccc(Cl)cc1N. The van der Waals surface area contributed by atoms with E-state index < -0.39 is 23.9 Å². The number of hydrogen-bond acceptors (Lipinski definition) is 7. The number of nitrogens with one attached hydrogen (secondary N) is 1. The van der Waals surface area contributed by atoms with E-state index in [1.807, 2.05) is 30.3 Å². The first-order valence-electron chi connectivity index (χ1n) is 9.73. The number of nitrogens with two attached hydrogens (primary N) is 1. The van der Waals surface area contributed by atoms with Crippen LogP contribution in [0.15, 0.2) is 54.6 Å². The maximum atomic E-state index is 12.7. The zero-order valence-corrected chi connectivity index (χ0v) is 19.0. The van der Waals surface area contributed by atoms with Crippen molar-refractivity contribution in [1.29, 1.82) is 0 Å². The van der Waals surface area contributed by atoms with E-state index in [2.05, 4.69) is 5.32 Å². The van der Waals surface area contributed by atoms with Crippen LogP contribution in [0.25, 0.3) is 10.4 Å². The highest BCUT2D eigenvalue weighted by Crippen LogP contribution is 2.36. The lowest BCUT2D eigenvalue weighted by Crippen LogP contribution is -2.30. The van der Waals surface area contributed by atoms with E-state index in [1.165, 1.54) is 36.5 Å². The van der Waals surface area contributed by atoms with Gasteiger partial charge in [-0.25, -0.2) is 9.59 Å². The average Bonchev–Trinajstić information content (AvgIpc) is 3.18. The summed E-state index contributed by atoms with van der Waals surface area (Å²) in [6, 6.07) is 15.4. The van der Waals surface area contributed by atoms with Gasteiger partial charge in [-0.15, -0.1) is 11.3 Å². The topological polar surface area (TPSA) is 108 Å². The molecular weight excluding hydrogens is 452 g/mol. The molecule has 9 heteroatoms. The molecule has 0 aliphatic carbocycles. The Hall–Kier alpha value is -3.36. The van der Waals surface area contributed by atoms with Crippen LogP contribution in [-0.4, -0.2) is 30.6 Å². The van der Waals surface area contributed by atoms with Crippen molar-refractivity contribution < 1.29 is 23.9 Å². The van der Waals surface area contributed by atoms with Gasteiger partial charge in [-0.2, -0.15) is 0 Å². The fourth-order valence-corrected chi connectivity index (χ4v) is 4.03. The van der Waals surface area contributed by atoms with Gasteiger partial charge < -0.3 is 20.5 Å². The molecular formula is C23H21ClN2O5S. The number of nitrogen functional groups attached to an aromatic ring is 1. The smallest absolute Gasteiger partial charge is 0.341 e. The lowest BCUT2D eigenvalue weighted by atomic mass is 10.1. The first-order valence-corrected chi connectivity index (χ1v) is 10.9. The fourth-order valence-electron chi connectivity index (χ4n) is 2.80. The highest BCUT2D eigenvalue weighted by molar-refractivity contribution is 7.20. The zero-order chi connectivity index (χ0) is 23.3. The molecule has 0 radical (unpaired) electrons. The Labute approximate surface area is 194 Å². The third-order valence-electron chi connectivity index (χ3n) is 4.41. The largest absolute Gasteiger partial charge is 0.462 e. The molecule has 32 heavy (non-hydrogen) atoms. The molecule has 1 heterocycles. The van der Waals surface area contributed by atoms with E-state index in [1.54, 1.807) is 13.0 Å². The summed E-state index contributed by atoms with van der Waals surface area (Å²) in [5, 5.41) is 3.35. The van der Waals surface area contributed by atoms with Crippen molar-refractivity contribution in [2.75, 3.05) is 17.7 Å². The van der Waals surface area contributed by atoms with Crippen LogP contribution in [0.3, 0.4) is 0 Å². The molecule has 0 aliphatic rings. The Morgan fingerprint density at radius 1 is 1.06 bits per heavy atom. The average molecular weight is 473 g/mol. The van der Waals surface area contributed by atoms with E-state index in [0.717, 1.165) is 10.4 Å². The van der Waals surface area contributed by atoms with E-state index in [4.69, 9.17) is 26.8 Å². The number of thiophene rings is 1. The van der Waals surface area contributed by atoms with Gasteiger partial charge in [0, 0.05) is 15.6 Å². The van der Waals surface area contributed by atoms with Crippen LogP contribution in [0.4, 0.5) is 10.7 Å². The third kappa shape index (κ3) is 5.46. The van der Waals surface area contributed by atoms with Gasteiger partial charge in [-0.3, -0.25) is 4.79 Å². The molecule has 1 atom stereocenters. The normalized spacial score (nSPS) is 11.5. The van der Waals surface area contributed by atoms with Crippen LogP contribution in [0, 0.1) is 0 Å². The molecule has 3 N–H and O–H groups in total. The summed E-state index contributed by atoms with van der Waals surface area (Å²) in [6.45, 7) is 3.32. The quantitative estimate of drug-likeness (QED) is 0.369. The molecule has 0 bridgehead atoms. The Morgan fingerprint density at radius 3 is 2.44 bits per heavy atom. The molecule has 3 aromatic rings. The van der Waals surface area contributed by atoms with Gasteiger partial charge in [0.1, 0.15) is 5.00 Å². The van der Waals surface area contributed by atoms with E-state index in [9.17, 15) is 14.4 Å². The number of carbonyl (C=O) groups excluding carboxylic acids is 3. The molecule has 2 aromatic carbocycles.